The molecule has 0 bridgehead atoms. The Kier molecular flexibility index (Phi) is 5.86. The number of carbonyl (C=O) groups excluding carboxylic acids is 1. The van der Waals surface area contributed by atoms with Gasteiger partial charge in [-0.15, -0.1) is 6.58 Å². The molecule has 0 aliphatic carbocycles. The van der Waals surface area contributed by atoms with Crippen LogP contribution in [0.3, 0.4) is 0 Å². The number of benzene rings is 2. The highest BCUT2D eigenvalue weighted by atomic mass is 16.5. The van der Waals surface area contributed by atoms with Crippen molar-refractivity contribution in [3.8, 4) is 11.5 Å². The second-order valence-corrected chi connectivity index (χ2v) is 7.83. The Bertz CT molecular complexity index is 1340. The lowest BCUT2D eigenvalue weighted by atomic mass is 10.1. The van der Waals surface area contributed by atoms with Crippen LogP contribution < -0.4 is 9.47 Å². The molecule has 164 valence electrons. The van der Waals surface area contributed by atoms with Crippen molar-refractivity contribution in [1.29, 1.82) is 0 Å². The fourth-order valence-corrected chi connectivity index (χ4v) is 3.96. The van der Waals surface area contributed by atoms with E-state index < -0.39 is 0 Å². The van der Waals surface area contributed by atoms with Crippen molar-refractivity contribution in [2.75, 3.05) is 7.11 Å². The molecule has 6 nitrogen and oxygen atoms in total. The van der Waals surface area contributed by atoms with Crippen LogP contribution in [0.15, 0.2) is 61.2 Å². The molecule has 0 atom stereocenters. The van der Waals surface area contributed by atoms with Gasteiger partial charge in [0.2, 0.25) is 0 Å². The number of carbonyl (C=O) groups is 1. The molecule has 0 spiro atoms. The lowest BCUT2D eigenvalue weighted by molar-refractivity contribution is 0.104. The summed E-state index contributed by atoms with van der Waals surface area (Å²) in [5, 5.41) is 4.67. The summed E-state index contributed by atoms with van der Waals surface area (Å²) in [4.78, 5) is 13.4. The Morgan fingerprint density at radius 1 is 1.16 bits per heavy atom. The minimum Gasteiger partial charge on any atom is -0.493 e. The fraction of sp³-hybridized carbons (Fsp3) is 0.231. The van der Waals surface area contributed by atoms with Gasteiger partial charge in [0.1, 0.15) is 5.65 Å². The summed E-state index contributed by atoms with van der Waals surface area (Å²) in [7, 11) is 1.60. The quantitative estimate of drug-likeness (QED) is 0.212. The van der Waals surface area contributed by atoms with E-state index >= 15 is 0 Å². The summed E-state index contributed by atoms with van der Waals surface area (Å²) in [5.41, 5.74) is 4.77. The molecule has 0 saturated heterocycles. The van der Waals surface area contributed by atoms with Crippen molar-refractivity contribution in [2.45, 2.75) is 33.4 Å². The molecule has 0 aliphatic heterocycles. The molecule has 2 aromatic heterocycles. The summed E-state index contributed by atoms with van der Waals surface area (Å²) < 4.78 is 15.3. The van der Waals surface area contributed by atoms with Crippen LogP contribution in [-0.4, -0.2) is 33.2 Å². The van der Waals surface area contributed by atoms with Gasteiger partial charge in [-0.3, -0.25) is 4.79 Å². The van der Waals surface area contributed by atoms with E-state index in [0.717, 1.165) is 22.2 Å². The molecule has 0 aliphatic rings. The van der Waals surface area contributed by atoms with Crippen molar-refractivity contribution in [1.82, 2.24) is 14.2 Å². The number of hydrogen-bond acceptors (Lipinski definition) is 4. The third-order valence-corrected chi connectivity index (χ3v) is 5.25. The van der Waals surface area contributed by atoms with E-state index in [-0.39, 0.29) is 11.9 Å². The van der Waals surface area contributed by atoms with Gasteiger partial charge in [-0.1, -0.05) is 30.3 Å². The Balaban J connectivity index is 1.81. The number of hydrogen-bond donors (Lipinski definition) is 0. The second-order valence-electron chi connectivity index (χ2n) is 7.83. The van der Waals surface area contributed by atoms with Gasteiger partial charge in [0.15, 0.2) is 17.3 Å². The Hall–Kier alpha value is -3.80. The standard InChI is InChI=1S/C26H27N3O3/c1-6-16-28-20-11-7-8-12-21(20)29-26(28)24(18(4)27-29)22(30)15-14-19-10-9-13-23(31-5)25(19)32-17(2)3/h6-15,17H,1,16H2,2-5H3. The number of aromatic nitrogens is 3. The maximum absolute atomic E-state index is 13.4. The first-order valence-corrected chi connectivity index (χ1v) is 10.6. The molecule has 0 radical (unpaired) electrons. The summed E-state index contributed by atoms with van der Waals surface area (Å²) in [6.45, 7) is 10.2. The van der Waals surface area contributed by atoms with E-state index in [1.807, 2.05) is 73.8 Å². The van der Waals surface area contributed by atoms with Crippen LogP contribution >= 0.6 is 0 Å². The van der Waals surface area contributed by atoms with Crippen molar-refractivity contribution in [3.63, 3.8) is 0 Å². The smallest absolute Gasteiger partial charge is 0.191 e. The van der Waals surface area contributed by atoms with E-state index in [4.69, 9.17) is 9.47 Å². The van der Waals surface area contributed by atoms with Crippen LogP contribution in [0.2, 0.25) is 0 Å². The molecular weight excluding hydrogens is 402 g/mol. The van der Waals surface area contributed by atoms with Crippen LogP contribution in [0, 0.1) is 6.92 Å². The molecule has 0 N–H and O–H groups in total. The van der Waals surface area contributed by atoms with E-state index in [1.54, 1.807) is 19.3 Å². The largest absolute Gasteiger partial charge is 0.493 e. The van der Waals surface area contributed by atoms with Gasteiger partial charge < -0.3 is 14.0 Å². The lowest BCUT2D eigenvalue weighted by Gasteiger charge is -2.15. The topological polar surface area (TPSA) is 57.8 Å². The predicted octanol–water partition coefficient (Wildman–Crippen LogP) is 5.48. The van der Waals surface area contributed by atoms with Crippen LogP contribution in [0.25, 0.3) is 22.8 Å². The first kappa shape index (κ1) is 21.4. The molecule has 2 heterocycles. The molecule has 4 rings (SSSR count). The Labute approximate surface area is 187 Å². The maximum Gasteiger partial charge on any atom is 0.191 e. The number of methoxy groups -OCH3 is 1. The number of nitrogens with zero attached hydrogens (tertiary/aromatic N) is 3. The number of ether oxygens (including phenoxy) is 2. The predicted molar refractivity (Wildman–Crippen MR) is 128 cm³/mol. The number of rotatable bonds is 8. The first-order valence-electron chi connectivity index (χ1n) is 10.6. The zero-order chi connectivity index (χ0) is 22.8. The SMILES string of the molecule is C=CCn1c2ccccc2n2nc(C)c(C(=O)C=Cc3cccc(OC)c3OC(C)C)c12. The number of fused-ring (bicyclic) bond motifs is 3. The second kappa shape index (κ2) is 8.75. The summed E-state index contributed by atoms with van der Waals surface area (Å²) in [6, 6.07) is 13.6. The van der Waals surface area contributed by atoms with Crippen molar-refractivity contribution in [2.24, 2.45) is 0 Å². The van der Waals surface area contributed by atoms with E-state index in [2.05, 4.69) is 16.2 Å². The summed E-state index contributed by atoms with van der Waals surface area (Å²) in [5.74, 6) is 1.12. The molecular formula is C26H27N3O3. The number of allylic oxidation sites excluding steroid dienone is 2. The Morgan fingerprint density at radius 3 is 2.59 bits per heavy atom. The summed E-state index contributed by atoms with van der Waals surface area (Å²) >= 11 is 0. The first-order chi connectivity index (χ1) is 15.5. The van der Waals surface area contributed by atoms with Crippen molar-refractivity contribution >= 4 is 28.5 Å². The maximum atomic E-state index is 13.4. The third-order valence-electron chi connectivity index (χ3n) is 5.25. The van der Waals surface area contributed by atoms with Crippen LogP contribution in [0.4, 0.5) is 0 Å². The fourth-order valence-electron chi connectivity index (χ4n) is 3.96. The van der Waals surface area contributed by atoms with Crippen LogP contribution in [0.1, 0.15) is 35.5 Å². The molecule has 0 saturated carbocycles. The minimum atomic E-state index is -0.121. The molecule has 0 unspecified atom stereocenters. The molecule has 0 fully saturated rings. The number of ketones is 1. The number of para-hydroxylation sites is 3. The van der Waals surface area contributed by atoms with E-state index in [0.29, 0.717) is 29.3 Å². The van der Waals surface area contributed by atoms with Gasteiger partial charge in [-0.25, -0.2) is 4.52 Å². The van der Waals surface area contributed by atoms with Gasteiger partial charge in [-0.05, 0) is 51.1 Å². The van der Waals surface area contributed by atoms with Gasteiger partial charge in [0.25, 0.3) is 0 Å². The highest BCUT2D eigenvalue weighted by Crippen LogP contribution is 2.33. The van der Waals surface area contributed by atoms with Gasteiger partial charge >= 0.3 is 0 Å². The lowest BCUT2D eigenvalue weighted by Crippen LogP contribution is -2.08. The zero-order valence-corrected chi connectivity index (χ0v) is 18.8. The Morgan fingerprint density at radius 2 is 1.91 bits per heavy atom. The highest BCUT2D eigenvalue weighted by molar-refractivity contribution is 6.12. The van der Waals surface area contributed by atoms with Gasteiger partial charge in [0, 0.05) is 12.1 Å². The normalized spacial score (nSPS) is 11.7. The van der Waals surface area contributed by atoms with Crippen LogP contribution in [-0.2, 0) is 6.54 Å². The van der Waals surface area contributed by atoms with Crippen LogP contribution in [0.5, 0.6) is 11.5 Å². The van der Waals surface area contributed by atoms with Gasteiger partial charge in [0.05, 0.1) is 35.5 Å². The van der Waals surface area contributed by atoms with E-state index in [1.165, 1.54) is 0 Å². The van der Waals surface area contributed by atoms with Crippen molar-refractivity contribution < 1.29 is 14.3 Å². The molecule has 2 aromatic carbocycles. The minimum absolute atomic E-state index is 0.0266. The molecule has 32 heavy (non-hydrogen) atoms. The summed E-state index contributed by atoms with van der Waals surface area (Å²) in [6.07, 6.45) is 5.14. The molecule has 6 heteroatoms. The zero-order valence-electron chi connectivity index (χ0n) is 18.8. The average molecular weight is 430 g/mol. The van der Waals surface area contributed by atoms with Gasteiger partial charge in [-0.2, -0.15) is 5.10 Å². The molecule has 0 amide bonds. The number of imidazole rings is 1. The molecule has 4 aromatic rings. The average Bonchev–Trinajstić information content (AvgIpc) is 3.26. The third kappa shape index (κ3) is 3.68. The van der Waals surface area contributed by atoms with Crippen molar-refractivity contribution in [3.05, 3.63) is 78.0 Å². The monoisotopic (exact) mass is 429 g/mol. The highest BCUT2D eigenvalue weighted by Gasteiger charge is 2.22. The van der Waals surface area contributed by atoms with E-state index in [9.17, 15) is 4.79 Å². The number of aryl methyl sites for hydroxylation is 1.